The topological polar surface area (TPSA) is 81.0 Å². The van der Waals surface area contributed by atoms with Gasteiger partial charge in [-0.05, 0) is 94.2 Å². The van der Waals surface area contributed by atoms with Crippen LogP contribution in [0.25, 0.3) is 121 Å². The highest BCUT2D eigenvalue weighted by Crippen LogP contribution is 2.43. The quantitative estimate of drug-likeness (QED) is 0.149. The first-order chi connectivity index (χ1) is 33.6. The first-order valence-electron chi connectivity index (χ1n) is 22.1. The Labute approximate surface area is 391 Å². The SMILES string of the molecule is [C-]#[N+]c1ccc2c(c1)c1ccccc1n2-c1ccc(-c2ccccc2C#N)cc1-c1ccc(-n2c3ccccc3c3cc([N+]#[C-])ccc32)c(-c2nc(-c3ccccc3)nc(-c3ccccc3)n2)c1. The minimum Gasteiger partial charge on any atom is -0.309 e. The number of nitriles is 1. The van der Waals surface area contributed by atoms with Crippen LogP contribution in [-0.2, 0) is 0 Å². The molecule has 0 aliphatic rings. The molecule has 0 N–H and O–H groups in total. The minimum atomic E-state index is 0.481. The average molecular weight is 867 g/mol. The number of para-hydroxylation sites is 2. The molecule has 12 rings (SSSR count). The predicted octanol–water partition coefficient (Wildman–Crippen LogP) is 15.4. The fourth-order valence-corrected chi connectivity index (χ4v) is 9.55. The number of rotatable bonds is 7. The second kappa shape index (κ2) is 16.2. The Hall–Kier alpha value is -9.94. The van der Waals surface area contributed by atoms with Crippen molar-refractivity contribution in [3.63, 3.8) is 0 Å². The maximum Gasteiger partial charge on any atom is 0.188 e. The van der Waals surface area contributed by atoms with E-state index in [1.54, 1.807) is 0 Å². The fourth-order valence-electron chi connectivity index (χ4n) is 9.55. The third-order valence-corrected chi connectivity index (χ3v) is 12.7. The zero-order valence-corrected chi connectivity index (χ0v) is 36.2. The summed E-state index contributed by atoms with van der Waals surface area (Å²) in [4.78, 5) is 23.3. The van der Waals surface area contributed by atoms with Crippen molar-refractivity contribution in [3.8, 4) is 73.9 Å². The van der Waals surface area contributed by atoms with E-state index in [4.69, 9.17) is 28.1 Å². The van der Waals surface area contributed by atoms with Crippen molar-refractivity contribution in [3.05, 3.63) is 235 Å². The maximum atomic E-state index is 10.3. The van der Waals surface area contributed by atoms with Crippen LogP contribution in [0.15, 0.2) is 206 Å². The molecule has 0 aliphatic heterocycles. The van der Waals surface area contributed by atoms with Crippen LogP contribution in [0.3, 0.4) is 0 Å². The normalized spacial score (nSPS) is 11.2. The van der Waals surface area contributed by atoms with E-state index in [9.17, 15) is 5.26 Å². The van der Waals surface area contributed by atoms with Crippen molar-refractivity contribution >= 4 is 55.0 Å². The lowest BCUT2D eigenvalue weighted by molar-refractivity contribution is 1.06. The van der Waals surface area contributed by atoms with Gasteiger partial charge in [-0.25, -0.2) is 24.6 Å². The van der Waals surface area contributed by atoms with E-state index in [2.05, 4.69) is 85.6 Å². The Balaban J connectivity index is 1.20. The van der Waals surface area contributed by atoms with Gasteiger partial charge in [0, 0.05) is 33.0 Å². The molecular weight excluding hydrogens is 833 g/mol. The molecule has 314 valence electrons. The lowest BCUT2D eigenvalue weighted by Gasteiger charge is -2.19. The summed E-state index contributed by atoms with van der Waals surface area (Å²) in [6.45, 7) is 15.7. The van der Waals surface area contributed by atoms with Crippen LogP contribution in [0.1, 0.15) is 5.56 Å². The van der Waals surface area contributed by atoms with Crippen LogP contribution in [0.2, 0.25) is 0 Å². The molecule has 0 bridgehead atoms. The highest BCUT2D eigenvalue weighted by molar-refractivity contribution is 6.12. The van der Waals surface area contributed by atoms with Gasteiger partial charge in [0.15, 0.2) is 28.8 Å². The van der Waals surface area contributed by atoms with Crippen molar-refractivity contribution in [2.45, 2.75) is 0 Å². The maximum absolute atomic E-state index is 10.3. The van der Waals surface area contributed by atoms with E-state index in [0.717, 1.165) is 93.9 Å². The molecule has 3 aromatic heterocycles. The molecule has 12 aromatic rings. The Kier molecular flexibility index (Phi) is 9.47. The Bertz CT molecular complexity index is 4070. The van der Waals surface area contributed by atoms with Gasteiger partial charge in [-0.15, -0.1) is 0 Å². The van der Waals surface area contributed by atoms with Crippen molar-refractivity contribution in [2.75, 3.05) is 0 Å². The van der Waals surface area contributed by atoms with Crippen LogP contribution in [-0.4, -0.2) is 24.1 Å². The molecule has 8 nitrogen and oxygen atoms in total. The molecular formula is C60H34N8. The first kappa shape index (κ1) is 39.6. The lowest BCUT2D eigenvalue weighted by atomic mass is 9.93. The van der Waals surface area contributed by atoms with Crippen molar-refractivity contribution in [1.82, 2.24) is 24.1 Å². The van der Waals surface area contributed by atoms with Crippen LogP contribution < -0.4 is 0 Å². The number of hydrogen-bond acceptors (Lipinski definition) is 4. The smallest absolute Gasteiger partial charge is 0.188 e. The Morgan fingerprint density at radius 3 is 1.35 bits per heavy atom. The average Bonchev–Trinajstić information content (AvgIpc) is 3.92. The molecule has 0 radical (unpaired) electrons. The zero-order chi connectivity index (χ0) is 45.7. The summed E-state index contributed by atoms with van der Waals surface area (Å²) in [7, 11) is 0. The van der Waals surface area contributed by atoms with Gasteiger partial charge in [0.25, 0.3) is 0 Å². The molecule has 0 amide bonds. The number of aromatic nitrogens is 5. The molecule has 68 heavy (non-hydrogen) atoms. The van der Waals surface area contributed by atoms with Gasteiger partial charge in [0.1, 0.15) is 0 Å². The molecule has 0 unspecified atom stereocenters. The number of fused-ring (bicyclic) bond motifs is 6. The molecule has 3 heterocycles. The zero-order valence-electron chi connectivity index (χ0n) is 36.2. The van der Waals surface area contributed by atoms with Gasteiger partial charge in [0.2, 0.25) is 0 Å². The summed E-state index contributed by atoms with van der Waals surface area (Å²) < 4.78 is 4.52. The van der Waals surface area contributed by atoms with Crippen molar-refractivity contribution in [2.24, 2.45) is 0 Å². The van der Waals surface area contributed by atoms with Gasteiger partial charge in [-0.3, -0.25) is 0 Å². The minimum absolute atomic E-state index is 0.481. The molecule has 0 saturated carbocycles. The van der Waals surface area contributed by atoms with Gasteiger partial charge in [0.05, 0.1) is 58.2 Å². The first-order valence-corrected chi connectivity index (χ1v) is 22.1. The van der Waals surface area contributed by atoms with E-state index in [1.807, 2.05) is 146 Å². The molecule has 0 saturated heterocycles. The van der Waals surface area contributed by atoms with E-state index < -0.39 is 0 Å². The van der Waals surface area contributed by atoms with Crippen molar-refractivity contribution in [1.29, 1.82) is 5.26 Å². The van der Waals surface area contributed by atoms with Gasteiger partial charge in [-0.2, -0.15) is 5.26 Å². The highest BCUT2D eigenvalue weighted by Gasteiger charge is 2.23. The second-order valence-corrected chi connectivity index (χ2v) is 16.5. The van der Waals surface area contributed by atoms with Gasteiger partial charge in [-0.1, -0.05) is 140 Å². The second-order valence-electron chi connectivity index (χ2n) is 16.5. The Morgan fingerprint density at radius 1 is 0.368 bits per heavy atom. The summed E-state index contributed by atoms with van der Waals surface area (Å²) >= 11 is 0. The monoisotopic (exact) mass is 866 g/mol. The number of hydrogen-bond donors (Lipinski definition) is 0. The summed E-state index contributed by atoms with van der Waals surface area (Å²) in [6, 6.07) is 71.2. The molecule has 0 fully saturated rings. The van der Waals surface area contributed by atoms with E-state index in [-0.39, 0.29) is 0 Å². The highest BCUT2D eigenvalue weighted by atomic mass is 15.1. The number of benzene rings is 9. The van der Waals surface area contributed by atoms with E-state index in [0.29, 0.717) is 34.4 Å². The molecule has 9 aromatic carbocycles. The third-order valence-electron chi connectivity index (χ3n) is 12.7. The Morgan fingerprint density at radius 2 is 0.809 bits per heavy atom. The van der Waals surface area contributed by atoms with Crippen LogP contribution in [0.5, 0.6) is 0 Å². The fraction of sp³-hybridized carbons (Fsp3) is 0. The molecule has 8 heteroatoms. The summed E-state index contributed by atoms with van der Waals surface area (Å²) in [5.41, 5.74) is 13.3. The molecule has 0 atom stereocenters. The van der Waals surface area contributed by atoms with E-state index in [1.165, 1.54) is 0 Å². The lowest BCUT2D eigenvalue weighted by Crippen LogP contribution is -2.04. The largest absolute Gasteiger partial charge is 0.309 e. The number of nitrogens with zero attached hydrogens (tertiary/aromatic N) is 8. The standard InChI is InChI=1S/C60H34N8/c1-62-43-27-31-55-49(35-43)46-21-11-13-23-52(46)67(55)54-29-25-40(45-20-10-9-19-42(45)37-61)33-48(54)41-26-30-57(68-53-24-14-12-22-47(53)50-36-44(63-2)28-32-56(50)68)51(34-41)60-65-58(38-15-5-3-6-16-38)64-59(66-60)39-17-7-4-8-18-39/h3-36H. The summed E-state index contributed by atoms with van der Waals surface area (Å²) in [6.07, 6.45) is 0. The third kappa shape index (κ3) is 6.55. The summed E-state index contributed by atoms with van der Waals surface area (Å²) in [5, 5.41) is 14.3. The predicted molar refractivity (Wildman–Crippen MR) is 273 cm³/mol. The van der Waals surface area contributed by atoms with Gasteiger partial charge >= 0.3 is 0 Å². The van der Waals surface area contributed by atoms with Crippen LogP contribution in [0.4, 0.5) is 11.4 Å². The summed E-state index contributed by atoms with van der Waals surface area (Å²) in [5.74, 6) is 1.55. The van der Waals surface area contributed by atoms with Crippen LogP contribution in [0, 0.1) is 24.5 Å². The molecule has 0 aliphatic carbocycles. The van der Waals surface area contributed by atoms with Gasteiger partial charge < -0.3 is 9.13 Å². The van der Waals surface area contributed by atoms with Crippen LogP contribution >= 0.6 is 0 Å². The molecule has 0 spiro atoms. The van der Waals surface area contributed by atoms with E-state index >= 15 is 0 Å². The van der Waals surface area contributed by atoms with Crippen molar-refractivity contribution < 1.29 is 0 Å².